The average molecular weight is 338 g/mol. The van der Waals surface area contributed by atoms with Crippen LogP contribution in [0.5, 0.6) is 0 Å². The maximum absolute atomic E-state index is 12.3. The fraction of sp³-hybridized carbons (Fsp3) is 0.450. The Morgan fingerprint density at radius 2 is 2.12 bits per heavy atom. The Kier molecular flexibility index (Phi) is 5.99. The minimum atomic E-state index is -0.123. The third-order valence-electron chi connectivity index (χ3n) is 4.59. The first-order valence-electron chi connectivity index (χ1n) is 9.12. The van der Waals surface area contributed by atoms with E-state index in [0.717, 1.165) is 32.4 Å². The SMILES string of the molecule is CC1CCCN(c2nccc(C(=O)NCCCc3ccccc3)n2)C1. The molecule has 132 valence electrons. The lowest BCUT2D eigenvalue weighted by atomic mass is 10.0. The third kappa shape index (κ3) is 5.02. The van der Waals surface area contributed by atoms with Crippen molar-refractivity contribution in [1.29, 1.82) is 0 Å². The highest BCUT2D eigenvalue weighted by molar-refractivity contribution is 5.92. The van der Waals surface area contributed by atoms with Crippen molar-refractivity contribution in [2.75, 3.05) is 24.5 Å². The van der Waals surface area contributed by atoms with Crippen LogP contribution in [-0.2, 0) is 6.42 Å². The van der Waals surface area contributed by atoms with Gasteiger partial charge in [0.05, 0.1) is 0 Å². The van der Waals surface area contributed by atoms with Gasteiger partial charge in [-0.1, -0.05) is 37.3 Å². The molecule has 5 heteroatoms. The second kappa shape index (κ2) is 8.60. The number of carbonyl (C=O) groups excluding carboxylic acids is 1. The Balaban J connectivity index is 1.51. The highest BCUT2D eigenvalue weighted by atomic mass is 16.1. The van der Waals surface area contributed by atoms with Crippen LogP contribution < -0.4 is 10.2 Å². The molecule has 0 bridgehead atoms. The lowest BCUT2D eigenvalue weighted by molar-refractivity contribution is 0.0948. The number of carbonyl (C=O) groups is 1. The molecule has 1 unspecified atom stereocenters. The molecule has 1 aromatic heterocycles. The minimum Gasteiger partial charge on any atom is -0.351 e. The van der Waals surface area contributed by atoms with E-state index < -0.39 is 0 Å². The molecular formula is C20H26N4O. The molecule has 1 aliphatic rings. The van der Waals surface area contributed by atoms with E-state index in [2.05, 4.69) is 39.2 Å². The molecule has 3 rings (SSSR count). The Morgan fingerprint density at radius 3 is 2.92 bits per heavy atom. The largest absolute Gasteiger partial charge is 0.351 e. The Morgan fingerprint density at radius 1 is 1.28 bits per heavy atom. The molecule has 2 aromatic rings. The van der Waals surface area contributed by atoms with Crippen LogP contribution in [0.25, 0.3) is 0 Å². The maximum atomic E-state index is 12.3. The van der Waals surface area contributed by atoms with Gasteiger partial charge < -0.3 is 10.2 Å². The van der Waals surface area contributed by atoms with Crippen molar-refractivity contribution in [2.24, 2.45) is 5.92 Å². The number of hydrogen-bond donors (Lipinski definition) is 1. The standard InChI is InChI=1S/C20H26N4O/c1-16-7-6-14-24(15-16)20-22-13-11-18(23-20)19(25)21-12-5-10-17-8-3-2-4-9-17/h2-4,8-9,11,13,16H,5-7,10,12,14-15H2,1H3,(H,21,25). The summed E-state index contributed by atoms with van der Waals surface area (Å²) < 4.78 is 0. The molecule has 1 amide bonds. The van der Waals surface area contributed by atoms with E-state index in [1.807, 2.05) is 18.2 Å². The number of anilines is 1. The molecule has 0 saturated carbocycles. The average Bonchev–Trinajstić information content (AvgIpc) is 2.66. The van der Waals surface area contributed by atoms with Crippen LogP contribution in [0.2, 0.25) is 0 Å². The van der Waals surface area contributed by atoms with E-state index in [4.69, 9.17) is 0 Å². The summed E-state index contributed by atoms with van der Waals surface area (Å²) in [6.45, 7) is 4.82. The lowest BCUT2D eigenvalue weighted by Crippen LogP contribution is -2.36. The van der Waals surface area contributed by atoms with Crippen LogP contribution in [0.4, 0.5) is 5.95 Å². The van der Waals surface area contributed by atoms with E-state index in [0.29, 0.717) is 24.1 Å². The molecule has 2 heterocycles. The Bertz CT molecular complexity index is 689. The van der Waals surface area contributed by atoms with Gasteiger partial charge in [-0.05, 0) is 43.2 Å². The lowest BCUT2D eigenvalue weighted by Gasteiger charge is -2.30. The van der Waals surface area contributed by atoms with Gasteiger partial charge in [-0.3, -0.25) is 4.79 Å². The summed E-state index contributed by atoms with van der Waals surface area (Å²) in [6.07, 6.45) is 5.96. The molecule has 0 radical (unpaired) electrons. The molecule has 0 spiro atoms. The van der Waals surface area contributed by atoms with Crippen molar-refractivity contribution in [1.82, 2.24) is 15.3 Å². The van der Waals surface area contributed by atoms with Crippen LogP contribution >= 0.6 is 0 Å². The van der Waals surface area contributed by atoms with Gasteiger partial charge in [0.15, 0.2) is 0 Å². The first-order chi connectivity index (χ1) is 12.2. The number of nitrogens with one attached hydrogen (secondary N) is 1. The fourth-order valence-electron chi connectivity index (χ4n) is 3.23. The summed E-state index contributed by atoms with van der Waals surface area (Å²) >= 11 is 0. The van der Waals surface area contributed by atoms with Gasteiger partial charge in [-0.25, -0.2) is 9.97 Å². The molecule has 1 N–H and O–H groups in total. The summed E-state index contributed by atoms with van der Waals surface area (Å²) in [5.41, 5.74) is 1.74. The number of aromatic nitrogens is 2. The van der Waals surface area contributed by atoms with Crippen molar-refractivity contribution < 1.29 is 4.79 Å². The molecule has 1 aliphatic heterocycles. The molecule has 1 atom stereocenters. The second-order valence-electron chi connectivity index (χ2n) is 6.78. The normalized spacial score (nSPS) is 17.3. The van der Waals surface area contributed by atoms with Crippen molar-refractivity contribution >= 4 is 11.9 Å². The number of nitrogens with zero attached hydrogens (tertiary/aromatic N) is 3. The smallest absolute Gasteiger partial charge is 0.270 e. The van der Waals surface area contributed by atoms with E-state index in [1.54, 1.807) is 12.3 Å². The zero-order chi connectivity index (χ0) is 17.5. The molecule has 1 saturated heterocycles. The number of aryl methyl sites for hydroxylation is 1. The summed E-state index contributed by atoms with van der Waals surface area (Å²) in [6, 6.07) is 12.0. The van der Waals surface area contributed by atoms with Crippen LogP contribution in [0.1, 0.15) is 42.2 Å². The summed E-state index contributed by atoms with van der Waals surface area (Å²) in [5, 5.41) is 2.96. The Labute approximate surface area is 149 Å². The van der Waals surface area contributed by atoms with Crippen molar-refractivity contribution in [3.63, 3.8) is 0 Å². The van der Waals surface area contributed by atoms with Gasteiger partial charge in [0, 0.05) is 25.8 Å². The quantitative estimate of drug-likeness (QED) is 0.823. The number of hydrogen-bond acceptors (Lipinski definition) is 4. The number of piperidine rings is 1. The minimum absolute atomic E-state index is 0.123. The molecule has 0 aliphatic carbocycles. The van der Waals surface area contributed by atoms with Crippen LogP contribution in [0, 0.1) is 5.92 Å². The molecule has 1 aromatic carbocycles. The predicted molar refractivity (Wildman–Crippen MR) is 99.7 cm³/mol. The van der Waals surface area contributed by atoms with E-state index in [1.165, 1.54) is 12.0 Å². The van der Waals surface area contributed by atoms with Crippen molar-refractivity contribution in [3.05, 3.63) is 53.9 Å². The van der Waals surface area contributed by atoms with E-state index in [9.17, 15) is 4.79 Å². The topological polar surface area (TPSA) is 58.1 Å². The molecular weight excluding hydrogens is 312 g/mol. The molecule has 1 fully saturated rings. The van der Waals surface area contributed by atoms with E-state index >= 15 is 0 Å². The van der Waals surface area contributed by atoms with Crippen molar-refractivity contribution in [3.8, 4) is 0 Å². The highest BCUT2D eigenvalue weighted by Gasteiger charge is 2.19. The first-order valence-corrected chi connectivity index (χ1v) is 9.12. The van der Waals surface area contributed by atoms with Crippen molar-refractivity contribution in [2.45, 2.75) is 32.6 Å². The van der Waals surface area contributed by atoms with E-state index in [-0.39, 0.29) is 5.91 Å². The number of benzene rings is 1. The van der Waals surface area contributed by atoms with Crippen LogP contribution in [-0.4, -0.2) is 35.5 Å². The molecule has 25 heavy (non-hydrogen) atoms. The Hall–Kier alpha value is -2.43. The third-order valence-corrected chi connectivity index (χ3v) is 4.59. The molecule has 5 nitrogen and oxygen atoms in total. The first kappa shape index (κ1) is 17.4. The van der Waals surface area contributed by atoms with Crippen LogP contribution in [0.15, 0.2) is 42.6 Å². The van der Waals surface area contributed by atoms with Gasteiger partial charge in [0.2, 0.25) is 5.95 Å². The second-order valence-corrected chi connectivity index (χ2v) is 6.78. The van der Waals surface area contributed by atoms with Gasteiger partial charge >= 0.3 is 0 Å². The number of amides is 1. The highest BCUT2D eigenvalue weighted by Crippen LogP contribution is 2.19. The summed E-state index contributed by atoms with van der Waals surface area (Å²) in [7, 11) is 0. The van der Waals surface area contributed by atoms with Gasteiger partial charge in [0.25, 0.3) is 5.91 Å². The van der Waals surface area contributed by atoms with Gasteiger partial charge in [0.1, 0.15) is 5.69 Å². The predicted octanol–water partition coefficient (Wildman–Crippen LogP) is 3.08. The summed E-state index contributed by atoms with van der Waals surface area (Å²) in [4.78, 5) is 23.3. The fourth-order valence-corrected chi connectivity index (χ4v) is 3.23. The summed E-state index contributed by atoms with van der Waals surface area (Å²) in [5.74, 6) is 1.19. The zero-order valence-electron chi connectivity index (χ0n) is 14.8. The van der Waals surface area contributed by atoms with Gasteiger partial charge in [-0.15, -0.1) is 0 Å². The van der Waals surface area contributed by atoms with Crippen LogP contribution in [0.3, 0.4) is 0 Å². The zero-order valence-corrected chi connectivity index (χ0v) is 14.8. The monoisotopic (exact) mass is 338 g/mol. The maximum Gasteiger partial charge on any atom is 0.270 e. The number of rotatable bonds is 6. The van der Waals surface area contributed by atoms with Gasteiger partial charge in [-0.2, -0.15) is 0 Å².